The molecule has 3 aromatic carbocycles. The van der Waals surface area contributed by atoms with Gasteiger partial charge in [0.1, 0.15) is 18.2 Å². The van der Waals surface area contributed by atoms with E-state index >= 15 is 0 Å². The molecule has 0 aliphatic rings. The van der Waals surface area contributed by atoms with Crippen LogP contribution in [0, 0.1) is 5.82 Å². The molecule has 0 atom stereocenters. The topological polar surface area (TPSA) is 45.6 Å². The molecule has 0 amide bonds. The highest BCUT2D eigenvalue weighted by molar-refractivity contribution is 7.80. The van der Waals surface area contributed by atoms with Crippen LogP contribution in [0.15, 0.2) is 84.0 Å². The zero-order valence-electron chi connectivity index (χ0n) is 14.4. The summed E-state index contributed by atoms with van der Waals surface area (Å²) in [5, 5.41) is 7.54. The highest BCUT2D eigenvalue weighted by Gasteiger charge is 2.02. The van der Waals surface area contributed by atoms with E-state index in [-0.39, 0.29) is 12.4 Å². The molecule has 0 aromatic heterocycles. The van der Waals surface area contributed by atoms with Crippen LogP contribution in [0.3, 0.4) is 0 Å². The fourth-order valence-corrected chi connectivity index (χ4v) is 2.48. The molecule has 6 heteroatoms. The number of nitrogens with one attached hydrogen (secondary N) is 2. The molecule has 3 aromatic rings. The van der Waals surface area contributed by atoms with Crippen LogP contribution in [0.4, 0.5) is 10.1 Å². The standard InChI is InChI=1S/C21H18FN3OS/c22-20-12-5-4-8-17(20)15-26-19-11-6-7-16(13-19)14-23-25-21(27)24-18-9-2-1-3-10-18/h1-14H,15H2,(H2,24,25,27)/b23-14+. The molecule has 0 saturated heterocycles. The molecule has 27 heavy (non-hydrogen) atoms. The van der Waals surface area contributed by atoms with Crippen molar-refractivity contribution < 1.29 is 9.13 Å². The second-order valence-electron chi connectivity index (χ2n) is 5.64. The lowest BCUT2D eigenvalue weighted by Crippen LogP contribution is -2.23. The third-order valence-corrected chi connectivity index (χ3v) is 3.81. The third kappa shape index (κ3) is 5.90. The van der Waals surface area contributed by atoms with Gasteiger partial charge in [-0.15, -0.1) is 0 Å². The Bertz CT molecular complexity index is 931. The zero-order chi connectivity index (χ0) is 18.9. The van der Waals surface area contributed by atoms with Crippen molar-refractivity contribution in [3.8, 4) is 5.75 Å². The second-order valence-corrected chi connectivity index (χ2v) is 6.05. The van der Waals surface area contributed by atoms with E-state index in [1.807, 2.05) is 54.6 Å². The van der Waals surface area contributed by atoms with Gasteiger partial charge in [-0.3, -0.25) is 5.43 Å². The summed E-state index contributed by atoms with van der Waals surface area (Å²) in [6, 6.07) is 23.5. The Morgan fingerprint density at radius 2 is 1.78 bits per heavy atom. The summed E-state index contributed by atoms with van der Waals surface area (Å²) in [7, 11) is 0. The Kier molecular flexibility index (Phi) is 6.49. The summed E-state index contributed by atoms with van der Waals surface area (Å²) in [6.07, 6.45) is 1.63. The molecule has 0 aliphatic heterocycles. The lowest BCUT2D eigenvalue weighted by molar-refractivity contribution is 0.300. The Balaban J connectivity index is 1.53. The van der Waals surface area contributed by atoms with E-state index in [0.717, 1.165) is 11.3 Å². The van der Waals surface area contributed by atoms with E-state index in [0.29, 0.717) is 16.4 Å². The van der Waals surface area contributed by atoms with Crippen LogP contribution in [0.5, 0.6) is 5.75 Å². The van der Waals surface area contributed by atoms with E-state index in [1.54, 1.807) is 24.4 Å². The van der Waals surface area contributed by atoms with E-state index < -0.39 is 0 Å². The van der Waals surface area contributed by atoms with Crippen molar-refractivity contribution in [3.05, 3.63) is 95.8 Å². The van der Waals surface area contributed by atoms with Gasteiger partial charge in [-0.25, -0.2) is 4.39 Å². The summed E-state index contributed by atoms with van der Waals surface area (Å²) in [5.41, 5.74) is 4.99. The quantitative estimate of drug-likeness (QED) is 0.369. The first kappa shape index (κ1) is 18.5. The summed E-state index contributed by atoms with van der Waals surface area (Å²) in [6.45, 7) is 0.163. The van der Waals surface area contributed by atoms with Gasteiger partial charge >= 0.3 is 0 Å². The zero-order valence-corrected chi connectivity index (χ0v) is 15.2. The van der Waals surface area contributed by atoms with E-state index in [4.69, 9.17) is 17.0 Å². The van der Waals surface area contributed by atoms with Gasteiger partial charge in [0.15, 0.2) is 5.11 Å². The van der Waals surface area contributed by atoms with Crippen LogP contribution >= 0.6 is 12.2 Å². The monoisotopic (exact) mass is 379 g/mol. The third-order valence-electron chi connectivity index (χ3n) is 3.62. The van der Waals surface area contributed by atoms with Crippen molar-refractivity contribution in [2.75, 3.05) is 5.32 Å². The molecule has 0 unspecified atom stereocenters. The molecule has 3 rings (SSSR count). The number of benzene rings is 3. The van der Waals surface area contributed by atoms with Crippen molar-refractivity contribution in [1.29, 1.82) is 0 Å². The summed E-state index contributed by atoms with van der Waals surface area (Å²) < 4.78 is 19.3. The van der Waals surface area contributed by atoms with E-state index in [2.05, 4.69) is 15.8 Å². The number of rotatable bonds is 6. The lowest BCUT2D eigenvalue weighted by Gasteiger charge is -2.08. The Morgan fingerprint density at radius 1 is 1.00 bits per heavy atom. The molecule has 2 N–H and O–H groups in total. The van der Waals surface area contributed by atoms with Gasteiger partial charge < -0.3 is 10.1 Å². The minimum Gasteiger partial charge on any atom is -0.489 e. The van der Waals surface area contributed by atoms with E-state index in [9.17, 15) is 4.39 Å². The van der Waals surface area contributed by atoms with Gasteiger partial charge in [0.25, 0.3) is 0 Å². The smallest absolute Gasteiger partial charge is 0.191 e. The Morgan fingerprint density at radius 3 is 2.59 bits per heavy atom. The van der Waals surface area contributed by atoms with Gasteiger partial charge in [-0.1, -0.05) is 48.5 Å². The van der Waals surface area contributed by atoms with Gasteiger partial charge in [0, 0.05) is 11.3 Å². The van der Waals surface area contributed by atoms with Crippen LogP contribution in [0.2, 0.25) is 0 Å². The average Bonchev–Trinajstić information content (AvgIpc) is 2.68. The van der Waals surface area contributed by atoms with Crippen molar-refractivity contribution in [3.63, 3.8) is 0 Å². The summed E-state index contributed by atoms with van der Waals surface area (Å²) in [5.74, 6) is 0.353. The van der Waals surface area contributed by atoms with Crippen molar-refractivity contribution >= 4 is 29.2 Å². The largest absolute Gasteiger partial charge is 0.489 e. The Labute approximate surface area is 162 Å². The molecular weight excluding hydrogens is 361 g/mol. The van der Waals surface area contributed by atoms with E-state index in [1.165, 1.54) is 6.07 Å². The second kappa shape index (κ2) is 9.45. The molecule has 4 nitrogen and oxygen atoms in total. The summed E-state index contributed by atoms with van der Waals surface area (Å²) in [4.78, 5) is 0. The number of thiocarbonyl (C=S) groups is 1. The first-order chi connectivity index (χ1) is 13.2. The number of ether oxygens (including phenoxy) is 1. The number of anilines is 1. The molecule has 0 heterocycles. The van der Waals surface area contributed by atoms with Crippen LogP contribution in [0.25, 0.3) is 0 Å². The van der Waals surface area contributed by atoms with Crippen LogP contribution in [-0.4, -0.2) is 11.3 Å². The lowest BCUT2D eigenvalue weighted by atomic mass is 10.2. The number of hydrazone groups is 1. The van der Waals surface area contributed by atoms with Crippen molar-refractivity contribution in [2.24, 2.45) is 5.10 Å². The summed E-state index contributed by atoms with van der Waals surface area (Å²) >= 11 is 5.19. The Hall–Kier alpha value is -3.25. The predicted molar refractivity (Wildman–Crippen MR) is 111 cm³/mol. The molecule has 136 valence electrons. The van der Waals surface area contributed by atoms with Gasteiger partial charge in [-0.05, 0) is 48.1 Å². The fourth-order valence-electron chi connectivity index (χ4n) is 2.31. The molecule has 0 spiro atoms. The van der Waals surface area contributed by atoms with Crippen LogP contribution < -0.4 is 15.5 Å². The van der Waals surface area contributed by atoms with Crippen molar-refractivity contribution in [1.82, 2.24) is 5.43 Å². The van der Waals surface area contributed by atoms with Gasteiger partial charge in [0.2, 0.25) is 0 Å². The van der Waals surface area contributed by atoms with Gasteiger partial charge in [0.05, 0.1) is 6.21 Å². The molecule has 0 saturated carbocycles. The maximum atomic E-state index is 13.6. The molecule has 0 aliphatic carbocycles. The fraction of sp³-hybridized carbons (Fsp3) is 0.0476. The number of hydrogen-bond acceptors (Lipinski definition) is 3. The van der Waals surface area contributed by atoms with Gasteiger partial charge in [-0.2, -0.15) is 5.10 Å². The molecule has 0 fully saturated rings. The molecule has 0 bridgehead atoms. The normalized spacial score (nSPS) is 10.6. The number of halogens is 1. The maximum absolute atomic E-state index is 13.6. The average molecular weight is 379 g/mol. The SMILES string of the molecule is Fc1ccccc1COc1cccc(/C=N/NC(=S)Nc2ccccc2)c1. The number of nitrogens with zero attached hydrogens (tertiary/aromatic N) is 1. The minimum atomic E-state index is -0.279. The minimum absolute atomic E-state index is 0.163. The molecular formula is C21H18FN3OS. The highest BCUT2D eigenvalue weighted by atomic mass is 32.1. The number of hydrogen-bond donors (Lipinski definition) is 2. The first-order valence-electron chi connectivity index (χ1n) is 8.32. The van der Waals surface area contributed by atoms with Crippen molar-refractivity contribution in [2.45, 2.75) is 6.61 Å². The maximum Gasteiger partial charge on any atom is 0.191 e. The van der Waals surface area contributed by atoms with Crippen LogP contribution in [0.1, 0.15) is 11.1 Å². The first-order valence-corrected chi connectivity index (χ1v) is 8.73. The predicted octanol–water partition coefficient (Wildman–Crippen LogP) is 4.73. The highest BCUT2D eigenvalue weighted by Crippen LogP contribution is 2.15. The van der Waals surface area contributed by atoms with Crippen LogP contribution in [-0.2, 0) is 6.61 Å². The molecule has 0 radical (unpaired) electrons. The number of para-hydroxylation sites is 1.